The lowest BCUT2D eigenvalue weighted by atomic mass is 10.1. The van der Waals surface area contributed by atoms with E-state index in [9.17, 15) is 14.7 Å². The molecule has 0 fully saturated rings. The molecule has 8 heteroatoms. The number of pyridine rings is 1. The Hall–Kier alpha value is -3.32. The number of carboxylic acid groups (broad SMARTS) is 1. The second-order valence-electron chi connectivity index (χ2n) is 5.34. The zero-order chi connectivity index (χ0) is 18.7. The van der Waals surface area contributed by atoms with Crippen molar-refractivity contribution in [1.82, 2.24) is 10.3 Å². The second-order valence-corrected chi connectivity index (χ2v) is 5.77. The number of ether oxygens (including phenoxy) is 1. The molecule has 26 heavy (non-hydrogen) atoms. The number of carboxylic acids is 1. The molecule has 0 spiro atoms. The quantitative estimate of drug-likeness (QED) is 0.634. The number of halogens is 1. The molecule has 0 unspecified atom stereocenters. The summed E-state index contributed by atoms with van der Waals surface area (Å²) < 4.78 is 5.71. The van der Waals surface area contributed by atoms with E-state index >= 15 is 0 Å². The van der Waals surface area contributed by atoms with E-state index in [1.165, 1.54) is 6.20 Å². The Bertz CT molecular complexity index is 989. The van der Waals surface area contributed by atoms with Gasteiger partial charge in [0, 0.05) is 22.0 Å². The van der Waals surface area contributed by atoms with Crippen LogP contribution in [0.3, 0.4) is 0 Å². The fourth-order valence-corrected chi connectivity index (χ4v) is 2.41. The maximum atomic E-state index is 12.0. The summed E-state index contributed by atoms with van der Waals surface area (Å²) in [6.07, 6.45) is 1.41. The van der Waals surface area contributed by atoms with Crippen molar-refractivity contribution < 1.29 is 24.5 Å². The lowest BCUT2D eigenvalue weighted by molar-refractivity contribution is -0.135. The van der Waals surface area contributed by atoms with Crippen LogP contribution in [0.4, 0.5) is 0 Å². The highest BCUT2D eigenvalue weighted by Crippen LogP contribution is 2.32. The van der Waals surface area contributed by atoms with Crippen molar-refractivity contribution in [3.63, 3.8) is 0 Å². The maximum absolute atomic E-state index is 12.0. The Morgan fingerprint density at radius 2 is 1.81 bits per heavy atom. The second kappa shape index (κ2) is 7.28. The van der Waals surface area contributed by atoms with E-state index in [1.54, 1.807) is 42.5 Å². The molecule has 1 heterocycles. The number of nitrogens with one attached hydrogen (secondary N) is 1. The number of benzene rings is 2. The molecule has 0 aliphatic carbocycles. The molecule has 7 nitrogen and oxygen atoms in total. The minimum absolute atomic E-state index is 0.262. The van der Waals surface area contributed by atoms with Crippen LogP contribution in [0.25, 0.3) is 10.8 Å². The third-order valence-corrected chi connectivity index (χ3v) is 3.75. The van der Waals surface area contributed by atoms with E-state index < -0.39 is 18.4 Å². The summed E-state index contributed by atoms with van der Waals surface area (Å²) in [5.74, 6) is -1.33. The van der Waals surface area contributed by atoms with Crippen LogP contribution in [0, 0.1) is 0 Å². The van der Waals surface area contributed by atoms with Gasteiger partial charge in [0.25, 0.3) is 5.91 Å². The lowest BCUT2D eigenvalue weighted by Crippen LogP contribution is -2.29. The zero-order valence-electron chi connectivity index (χ0n) is 13.3. The van der Waals surface area contributed by atoms with Crippen LogP contribution in [0.15, 0.2) is 48.7 Å². The van der Waals surface area contributed by atoms with Crippen molar-refractivity contribution in [2.75, 3.05) is 6.54 Å². The SMILES string of the molecule is O=C(O)CNC(=O)c1ncc2ccc(Oc3ccc(Cl)cc3)cc2c1O. The van der Waals surface area contributed by atoms with Gasteiger partial charge in [-0.1, -0.05) is 11.6 Å². The van der Waals surface area contributed by atoms with Gasteiger partial charge in [-0.15, -0.1) is 0 Å². The van der Waals surface area contributed by atoms with Gasteiger partial charge in [-0.05, 0) is 42.5 Å². The summed E-state index contributed by atoms with van der Waals surface area (Å²) in [6, 6.07) is 11.7. The summed E-state index contributed by atoms with van der Waals surface area (Å²) in [4.78, 5) is 26.4. The fourth-order valence-electron chi connectivity index (χ4n) is 2.28. The number of hydrogen-bond donors (Lipinski definition) is 3. The molecule has 0 saturated carbocycles. The first kappa shape index (κ1) is 17.5. The van der Waals surface area contributed by atoms with Crippen molar-refractivity contribution in [3.8, 4) is 17.2 Å². The van der Waals surface area contributed by atoms with Crippen LogP contribution in [-0.2, 0) is 4.79 Å². The molecule has 3 rings (SSSR count). The molecule has 0 aliphatic heterocycles. The minimum atomic E-state index is -1.20. The van der Waals surface area contributed by atoms with Gasteiger partial charge in [-0.25, -0.2) is 4.98 Å². The molecule has 1 aromatic heterocycles. The summed E-state index contributed by atoms with van der Waals surface area (Å²) in [6.45, 7) is -0.572. The number of rotatable bonds is 5. The molecule has 1 amide bonds. The van der Waals surface area contributed by atoms with Crippen molar-refractivity contribution in [1.29, 1.82) is 0 Å². The number of aromatic nitrogens is 1. The third kappa shape index (κ3) is 3.84. The average Bonchev–Trinajstić information content (AvgIpc) is 2.62. The van der Waals surface area contributed by atoms with Gasteiger partial charge in [-0.2, -0.15) is 0 Å². The number of hydrogen-bond acceptors (Lipinski definition) is 5. The van der Waals surface area contributed by atoms with Gasteiger partial charge in [0.15, 0.2) is 11.4 Å². The highest BCUT2D eigenvalue weighted by atomic mass is 35.5. The van der Waals surface area contributed by atoms with Crippen molar-refractivity contribution in [3.05, 3.63) is 59.4 Å². The first-order chi connectivity index (χ1) is 12.4. The van der Waals surface area contributed by atoms with Gasteiger partial charge in [0.1, 0.15) is 18.0 Å². The molecule has 0 aliphatic rings. The van der Waals surface area contributed by atoms with E-state index in [0.717, 1.165) is 0 Å². The number of aliphatic carboxylic acids is 1. The predicted octanol–water partition coefficient (Wildman–Crippen LogP) is 3.20. The van der Waals surface area contributed by atoms with Crippen LogP contribution in [0.5, 0.6) is 17.2 Å². The maximum Gasteiger partial charge on any atom is 0.322 e. The van der Waals surface area contributed by atoms with Gasteiger partial charge in [-0.3, -0.25) is 9.59 Å². The van der Waals surface area contributed by atoms with Gasteiger partial charge < -0.3 is 20.3 Å². The number of nitrogens with zero attached hydrogens (tertiary/aromatic N) is 1. The van der Waals surface area contributed by atoms with Crippen molar-refractivity contribution >= 4 is 34.2 Å². The van der Waals surface area contributed by atoms with E-state index in [2.05, 4.69) is 10.3 Å². The summed E-state index contributed by atoms with van der Waals surface area (Å²) in [5, 5.41) is 22.7. The minimum Gasteiger partial charge on any atom is -0.505 e. The first-order valence-corrected chi connectivity index (χ1v) is 7.87. The molecule has 0 saturated heterocycles. The number of fused-ring (bicyclic) bond motifs is 1. The molecule has 132 valence electrons. The predicted molar refractivity (Wildman–Crippen MR) is 94.9 cm³/mol. The third-order valence-electron chi connectivity index (χ3n) is 3.50. The van der Waals surface area contributed by atoms with E-state index in [4.69, 9.17) is 21.4 Å². The molecule has 0 atom stereocenters. The van der Waals surface area contributed by atoms with E-state index in [1.807, 2.05) is 0 Å². The molecular formula is C18H13ClN2O5. The van der Waals surface area contributed by atoms with E-state index in [-0.39, 0.29) is 11.4 Å². The van der Waals surface area contributed by atoms with Crippen LogP contribution < -0.4 is 10.1 Å². The standard InChI is InChI=1S/C18H13ClN2O5/c19-11-2-5-12(6-3-11)26-13-4-1-10-8-20-16(17(24)14(10)7-13)18(25)21-9-15(22)23/h1-8,24H,9H2,(H,21,25)(H,22,23). The van der Waals surface area contributed by atoms with Crippen LogP contribution in [-0.4, -0.2) is 33.6 Å². The topological polar surface area (TPSA) is 109 Å². The summed E-state index contributed by atoms with van der Waals surface area (Å²) in [7, 11) is 0. The lowest BCUT2D eigenvalue weighted by Gasteiger charge is -2.10. The smallest absolute Gasteiger partial charge is 0.322 e. The van der Waals surface area contributed by atoms with Gasteiger partial charge in [0.2, 0.25) is 0 Å². The summed E-state index contributed by atoms with van der Waals surface area (Å²) in [5.41, 5.74) is -0.262. The molecule has 3 N–H and O–H groups in total. The van der Waals surface area contributed by atoms with Crippen LogP contribution >= 0.6 is 11.6 Å². The Kier molecular flexibility index (Phi) is 4.90. The molecule has 2 aromatic carbocycles. The monoisotopic (exact) mass is 372 g/mol. The normalized spacial score (nSPS) is 10.5. The first-order valence-electron chi connectivity index (χ1n) is 7.49. The van der Waals surface area contributed by atoms with Gasteiger partial charge in [0.05, 0.1) is 0 Å². The molecular weight excluding hydrogens is 360 g/mol. The number of carbonyl (C=O) groups is 2. The Morgan fingerprint density at radius 3 is 2.50 bits per heavy atom. The Balaban J connectivity index is 1.92. The Labute approximate surface area is 152 Å². The van der Waals surface area contributed by atoms with E-state index in [0.29, 0.717) is 27.3 Å². The molecule has 0 bridgehead atoms. The van der Waals surface area contributed by atoms with Gasteiger partial charge >= 0.3 is 5.97 Å². The number of carbonyl (C=O) groups excluding carboxylic acids is 1. The average molecular weight is 373 g/mol. The number of amides is 1. The highest BCUT2D eigenvalue weighted by Gasteiger charge is 2.17. The molecule has 0 radical (unpaired) electrons. The number of aromatic hydroxyl groups is 1. The largest absolute Gasteiger partial charge is 0.505 e. The van der Waals surface area contributed by atoms with Crippen LogP contribution in [0.1, 0.15) is 10.5 Å². The fraction of sp³-hybridized carbons (Fsp3) is 0.0556. The van der Waals surface area contributed by atoms with Crippen molar-refractivity contribution in [2.24, 2.45) is 0 Å². The van der Waals surface area contributed by atoms with Crippen LogP contribution in [0.2, 0.25) is 5.02 Å². The molecule has 3 aromatic rings. The van der Waals surface area contributed by atoms with Crippen molar-refractivity contribution in [2.45, 2.75) is 0 Å². The zero-order valence-corrected chi connectivity index (χ0v) is 14.0. The highest BCUT2D eigenvalue weighted by molar-refractivity contribution is 6.30. The summed E-state index contributed by atoms with van der Waals surface area (Å²) >= 11 is 5.84. The Morgan fingerprint density at radius 1 is 1.12 bits per heavy atom.